The molecule has 0 aliphatic heterocycles. The number of rotatable bonds is 5. The highest BCUT2D eigenvalue weighted by molar-refractivity contribution is 5.95. The first kappa shape index (κ1) is 17.6. The van der Waals surface area contributed by atoms with Crippen LogP contribution in [0, 0.1) is 6.92 Å². The van der Waals surface area contributed by atoms with Gasteiger partial charge >= 0.3 is 0 Å². The van der Waals surface area contributed by atoms with Crippen molar-refractivity contribution in [1.82, 2.24) is 15.0 Å². The van der Waals surface area contributed by atoms with Gasteiger partial charge in [-0.3, -0.25) is 9.78 Å². The zero-order valence-electron chi connectivity index (χ0n) is 15.6. The van der Waals surface area contributed by atoms with Crippen LogP contribution in [-0.4, -0.2) is 20.7 Å². The largest absolute Gasteiger partial charge is 0.340 e. The third-order valence-electron chi connectivity index (χ3n) is 4.27. The number of Topliss-reactive ketones (excluding diaryl/α,β-unsaturated/α-hetero) is 1. The lowest BCUT2D eigenvalue weighted by Crippen LogP contribution is -2.03. The van der Waals surface area contributed by atoms with Gasteiger partial charge < -0.3 is 10.6 Å². The number of nitrogens with zero attached hydrogens (tertiary/aromatic N) is 3. The van der Waals surface area contributed by atoms with E-state index in [-0.39, 0.29) is 5.78 Å². The van der Waals surface area contributed by atoms with E-state index in [1.807, 2.05) is 61.5 Å². The maximum atomic E-state index is 11.6. The number of benzene rings is 2. The number of ketones is 1. The van der Waals surface area contributed by atoms with Crippen LogP contribution in [0.15, 0.2) is 66.9 Å². The summed E-state index contributed by atoms with van der Waals surface area (Å²) in [6.45, 7) is 3.46. The fourth-order valence-electron chi connectivity index (χ4n) is 2.98. The van der Waals surface area contributed by atoms with Gasteiger partial charge in [0.15, 0.2) is 5.78 Å². The van der Waals surface area contributed by atoms with Gasteiger partial charge in [-0.05, 0) is 38.1 Å². The van der Waals surface area contributed by atoms with Crippen molar-refractivity contribution < 1.29 is 4.79 Å². The number of aryl methyl sites for hydroxylation is 1. The lowest BCUT2D eigenvalue weighted by Gasteiger charge is -2.11. The molecule has 2 aromatic heterocycles. The van der Waals surface area contributed by atoms with Crippen molar-refractivity contribution in [2.75, 3.05) is 10.6 Å². The van der Waals surface area contributed by atoms with Crippen LogP contribution in [0.1, 0.15) is 23.0 Å². The molecule has 0 aliphatic carbocycles. The van der Waals surface area contributed by atoms with E-state index in [0.717, 1.165) is 28.0 Å². The number of nitrogens with one attached hydrogen (secondary N) is 2. The minimum atomic E-state index is 0.0216. The Morgan fingerprint density at radius 3 is 2.61 bits per heavy atom. The van der Waals surface area contributed by atoms with Crippen molar-refractivity contribution >= 4 is 39.8 Å². The van der Waals surface area contributed by atoms with Gasteiger partial charge in [-0.2, -0.15) is 4.98 Å². The summed E-state index contributed by atoms with van der Waals surface area (Å²) in [5, 5.41) is 7.55. The maximum absolute atomic E-state index is 11.6. The third kappa shape index (κ3) is 3.81. The molecule has 2 N–H and O–H groups in total. The summed E-state index contributed by atoms with van der Waals surface area (Å²) in [6.07, 6.45) is 1.76. The Balaban J connectivity index is 1.64. The summed E-state index contributed by atoms with van der Waals surface area (Å²) in [4.78, 5) is 25.1. The highest BCUT2D eigenvalue weighted by Crippen LogP contribution is 2.24. The predicted octanol–water partition coefficient (Wildman–Crippen LogP) is 5.02. The van der Waals surface area contributed by atoms with Gasteiger partial charge in [-0.1, -0.05) is 30.3 Å². The summed E-state index contributed by atoms with van der Waals surface area (Å²) in [5.41, 5.74) is 3.96. The molecule has 0 spiro atoms. The lowest BCUT2D eigenvalue weighted by molar-refractivity contribution is 0.101. The highest BCUT2D eigenvalue weighted by Gasteiger charge is 2.07. The molecule has 4 aromatic rings. The summed E-state index contributed by atoms with van der Waals surface area (Å²) >= 11 is 0. The molecule has 4 rings (SSSR count). The molecule has 6 nitrogen and oxygen atoms in total. The van der Waals surface area contributed by atoms with Crippen molar-refractivity contribution in [2.45, 2.75) is 13.8 Å². The van der Waals surface area contributed by atoms with E-state index in [2.05, 4.69) is 25.6 Å². The van der Waals surface area contributed by atoms with Gasteiger partial charge in [-0.15, -0.1) is 0 Å². The van der Waals surface area contributed by atoms with Crippen molar-refractivity contribution in [3.63, 3.8) is 0 Å². The van der Waals surface area contributed by atoms with Crippen LogP contribution in [-0.2, 0) is 0 Å². The quantitative estimate of drug-likeness (QED) is 0.481. The van der Waals surface area contributed by atoms with Gasteiger partial charge in [0.25, 0.3) is 0 Å². The standard InChI is InChI=1S/C22H19N5O/c1-14-12-20(25-18-9-3-7-17(13-18)15(2)28)27-22(24-14)26-19-10-4-6-16-8-5-11-23-21(16)19/h3-13H,1-2H3,(H2,24,25,26,27). The molecule has 0 saturated carbocycles. The number of aromatic nitrogens is 3. The molecule has 0 bridgehead atoms. The Morgan fingerprint density at radius 2 is 1.75 bits per heavy atom. The average Bonchev–Trinajstić information content (AvgIpc) is 2.68. The number of hydrogen-bond acceptors (Lipinski definition) is 6. The van der Waals surface area contributed by atoms with Gasteiger partial charge in [0.2, 0.25) is 5.95 Å². The van der Waals surface area contributed by atoms with E-state index < -0.39 is 0 Å². The number of pyridine rings is 1. The van der Waals surface area contributed by atoms with Crippen molar-refractivity contribution in [3.8, 4) is 0 Å². The monoisotopic (exact) mass is 369 g/mol. The lowest BCUT2D eigenvalue weighted by atomic mass is 10.1. The second-order valence-corrected chi connectivity index (χ2v) is 6.49. The molecule has 0 atom stereocenters. The Labute approximate surface area is 162 Å². The molecule has 0 amide bonds. The number of para-hydroxylation sites is 1. The number of hydrogen-bond donors (Lipinski definition) is 2. The minimum Gasteiger partial charge on any atom is -0.340 e. The molecule has 2 aromatic carbocycles. The van der Waals surface area contributed by atoms with Crippen LogP contribution >= 0.6 is 0 Å². The van der Waals surface area contributed by atoms with Gasteiger partial charge in [0.1, 0.15) is 5.82 Å². The van der Waals surface area contributed by atoms with E-state index in [0.29, 0.717) is 17.3 Å². The number of anilines is 4. The smallest absolute Gasteiger partial charge is 0.229 e. The molecule has 138 valence electrons. The van der Waals surface area contributed by atoms with E-state index >= 15 is 0 Å². The van der Waals surface area contributed by atoms with Crippen LogP contribution in [0.3, 0.4) is 0 Å². The Kier molecular flexibility index (Phi) is 4.68. The van der Waals surface area contributed by atoms with Crippen molar-refractivity contribution in [3.05, 3.63) is 78.1 Å². The second kappa shape index (κ2) is 7.44. The molecule has 0 fully saturated rings. The molecule has 28 heavy (non-hydrogen) atoms. The highest BCUT2D eigenvalue weighted by atomic mass is 16.1. The van der Waals surface area contributed by atoms with Crippen molar-refractivity contribution in [2.24, 2.45) is 0 Å². The van der Waals surface area contributed by atoms with Crippen LogP contribution in [0.25, 0.3) is 10.9 Å². The summed E-state index contributed by atoms with van der Waals surface area (Å²) in [6, 6.07) is 19.0. The first-order chi connectivity index (χ1) is 13.6. The topological polar surface area (TPSA) is 79.8 Å². The molecule has 0 radical (unpaired) electrons. The van der Waals surface area contributed by atoms with Crippen LogP contribution in [0.5, 0.6) is 0 Å². The van der Waals surface area contributed by atoms with Gasteiger partial charge in [0.05, 0.1) is 11.2 Å². The zero-order chi connectivity index (χ0) is 19.5. The van der Waals surface area contributed by atoms with E-state index in [1.54, 1.807) is 19.2 Å². The zero-order valence-corrected chi connectivity index (χ0v) is 15.6. The van der Waals surface area contributed by atoms with Gasteiger partial charge in [0, 0.05) is 34.6 Å². The van der Waals surface area contributed by atoms with E-state index in [9.17, 15) is 4.79 Å². The second-order valence-electron chi connectivity index (χ2n) is 6.49. The molecule has 0 aliphatic rings. The Bertz CT molecular complexity index is 1170. The number of fused-ring (bicyclic) bond motifs is 1. The van der Waals surface area contributed by atoms with Crippen LogP contribution < -0.4 is 10.6 Å². The average molecular weight is 369 g/mol. The predicted molar refractivity (Wildman–Crippen MR) is 112 cm³/mol. The third-order valence-corrected chi connectivity index (χ3v) is 4.27. The number of carbonyl (C=O) groups is 1. The summed E-state index contributed by atoms with van der Waals surface area (Å²) < 4.78 is 0. The molecule has 2 heterocycles. The fourth-order valence-corrected chi connectivity index (χ4v) is 2.98. The molecular formula is C22H19N5O. The van der Waals surface area contributed by atoms with Crippen LogP contribution in [0.2, 0.25) is 0 Å². The van der Waals surface area contributed by atoms with E-state index in [1.165, 1.54) is 0 Å². The summed E-state index contributed by atoms with van der Waals surface area (Å²) in [5.74, 6) is 1.14. The minimum absolute atomic E-state index is 0.0216. The van der Waals surface area contributed by atoms with Gasteiger partial charge in [-0.25, -0.2) is 4.98 Å². The first-order valence-corrected chi connectivity index (χ1v) is 8.93. The molecule has 6 heteroatoms. The normalized spacial score (nSPS) is 10.6. The molecular weight excluding hydrogens is 350 g/mol. The Morgan fingerprint density at radius 1 is 0.929 bits per heavy atom. The van der Waals surface area contributed by atoms with Crippen molar-refractivity contribution in [1.29, 1.82) is 0 Å². The Hall–Kier alpha value is -3.80. The molecule has 0 saturated heterocycles. The fraction of sp³-hybridized carbons (Fsp3) is 0.0909. The molecule has 0 unspecified atom stereocenters. The summed E-state index contributed by atoms with van der Waals surface area (Å²) in [7, 11) is 0. The SMILES string of the molecule is CC(=O)c1cccc(Nc2cc(C)nc(Nc3cccc4cccnc34)n2)c1. The maximum Gasteiger partial charge on any atom is 0.229 e. The number of carbonyl (C=O) groups excluding carboxylic acids is 1. The van der Waals surface area contributed by atoms with Crippen LogP contribution in [0.4, 0.5) is 23.1 Å². The van der Waals surface area contributed by atoms with E-state index in [4.69, 9.17) is 0 Å². The first-order valence-electron chi connectivity index (χ1n) is 8.93.